The Kier molecular flexibility index (Phi) is 3.49. The topological polar surface area (TPSA) is 95.1 Å². The minimum atomic E-state index is -1.37. The molecule has 5 atom stereocenters. The van der Waals surface area contributed by atoms with Crippen molar-refractivity contribution in [2.45, 2.75) is 30.6 Å². The van der Waals surface area contributed by atoms with Crippen LogP contribution in [0, 0.1) is 0 Å². The van der Waals surface area contributed by atoms with E-state index in [4.69, 9.17) is 4.74 Å². The fourth-order valence-corrected chi connectivity index (χ4v) is 2.64. The van der Waals surface area contributed by atoms with Crippen LogP contribution >= 0.6 is 0 Å². The number of hydrogen-bond acceptors (Lipinski definition) is 5. The van der Waals surface area contributed by atoms with E-state index in [0.29, 0.717) is 0 Å². The average Bonchev–Trinajstić information content (AvgIpc) is 2.89. The van der Waals surface area contributed by atoms with Crippen LogP contribution in [0.3, 0.4) is 0 Å². The molecule has 1 fully saturated rings. The van der Waals surface area contributed by atoms with Gasteiger partial charge in [0.05, 0.1) is 12.1 Å². The second-order valence-corrected chi connectivity index (χ2v) is 5.00. The lowest BCUT2D eigenvalue weighted by atomic mass is 9.98. The largest absolute Gasteiger partial charge is 0.394 e. The molecule has 108 valence electrons. The zero-order valence-electron chi connectivity index (χ0n) is 10.7. The van der Waals surface area contributed by atoms with Crippen LogP contribution in [0.4, 0.5) is 0 Å². The Morgan fingerprint density at radius 1 is 1.00 bits per heavy atom. The first-order valence-electron chi connectivity index (χ1n) is 6.49. The molecule has 0 aliphatic carbocycles. The molecular weight excluding hydrogens is 262 g/mol. The predicted molar refractivity (Wildman–Crippen MR) is 71.0 cm³/mol. The smallest absolute Gasteiger partial charge is 0.163 e. The van der Waals surface area contributed by atoms with E-state index in [2.05, 4.69) is 0 Å². The molecule has 3 unspecified atom stereocenters. The summed E-state index contributed by atoms with van der Waals surface area (Å²) in [5.74, 6) is 0. The molecule has 0 saturated carbocycles. The minimum absolute atomic E-state index is 0.430. The van der Waals surface area contributed by atoms with Gasteiger partial charge < -0.3 is 29.7 Å². The Bertz CT molecular complexity index is 596. The summed E-state index contributed by atoms with van der Waals surface area (Å²) in [7, 11) is 0. The third kappa shape index (κ3) is 2.02. The molecule has 20 heavy (non-hydrogen) atoms. The molecule has 1 aliphatic heterocycles. The van der Waals surface area contributed by atoms with E-state index in [-0.39, 0.29) is 0 Å². The molecule has 3 rings (SSSR count). The number of aromatic nitrogens is 1. The van der Waals surface area contributed by atoms with Crippen molar-refractivity contribution < 1.29 is 25.2 Å². The second-order valence-electron chi connectivity index (χ2n) is 5.00. The highest BCUT2D eigenvalue weighted by atomic mass is 16.6. The molecule has 0 amide bonds. The summed E-state index contributed by atoms with van der Waals surface area (Å²) in [4.78, 5) is 0. The second kappa shape index (κ2) is 5.16. The van der Waals surface area contributed by atoms with Gasteiger partial charge in [-0.3, -0.25) is 0 Å². The summed E-state index contributed by atoms with van der Waals surface area (Å²) in [6.07, 6.45) is -3.99. The molecule has 1 aromatic heterocycles. The van der Waals surface area contributed by atoms with Crippen LogP contribution in [0.1, 0.15) is 6.23 Å². The maximum absolute atomic E-state index is 10.1. The Hall–Kier alpha value is -1.44. The Morgan fingerprint density at radius 3 is 2.50 bits per heavy atom. The first-order valence-corrected chi connectivity index (χ1v) is 6.49. The van der Waals surface area contributed by atoms with Crippen LogP contribution in [0.25, 0.3) is 10.9 Å². The number of rotatable bonds is 2. The SMILES string of the molecule is OCC1O[C@@H](n2ccc3ccccc32)C(O)C(O)[C@@H]1O. The van der Waals surface area contributed by atoms with Gasteiger partial charge in [0.25, 0.3) is 0 Å². The van der Waals surface area contributed by atoms with Crippen molar-refractivity contribution in [3.63, 3.8) is 0 Å². The highest BCUT2D eigenvalue weighted by molar-refractivity contribution is 5.80. The Labute approximate surface area is 115 Å². The fourth-order valence-electron chi connectivity index (χ4n) is 2.64. The number of ether oxygens (including phenoxy) is 1. The van der Waals surface area contributed by atoms with Crippen molar-refractivity contribution in [2.75, 3.05) is 6.61 Å². The maximum Gasteiger partial charge on any atom is 0.163 e. The van der Waals surface area contributed by atoms with Gasteiger partial charge in [-0.05, 0) is 17.5 Å². The summed E-state index contributed by atoms with van der Waals surface area (Å²) >= 11 is 0. The van der Waals surface area contributed by atoms with Crippen LogP contribution < -0.4 is 0 Å². The lowest BCUT2D eigenvalue weighted by molar-refractivity contribution is -0.250. The van der Waals surface area contributed by atoms with E-state index in [9.17, 15) is 20.4 Å². The van der Waals surface area contributed by atoms with Gasteiger partial charge >= 0.3 is 0 Å². The third-order valence-electron chi connectivity index (χ3n) is 3.77. The Balaban J connectivity index is 2.00. The summed E-state index contributed by atoms with van der Waals surface area (Å²) < 4.78 is 7.23. The molecular formula is C14H17NO5. The number of fused-ring (bicyclic) bond motifs is 1. The van der Waals surface area contributed by atoms with Crippen molar-refractivity contribution in [2.24, 2.45) is 0 Å². The third-order valence-corrected chi connectivity index (χ3v) is 3.77. The predicted octanol–water partition coefficient (Wildman–Crippen LogP) is -0.386. The van der Waals surface area contributed by atoms with Gasteiger partial charge in [0, 0.05) is 6.20 Å². The zero-order chi connectivity index (χ0) is 14.3. The summed E-state index contributed by atoms with van der Waals surface area (Å²) in [6.45, 7) is -0.430. The number of aliphatic hydroxyl groups excluding tert-OH is 4. The number of nitrogens with zero attached hydrogens (tertiary/aromatic N) is 1. The van der Waals surface area contributed by atoms with Gasteiger partial charge in [0.1, 0.15) is 24.4 Å². The standard InChI is InChI=1S/C14H17NO5/c16-7-10-11(17)12(18)13(19)14(20-10)15-6-5-8-3-1-2-4-9(8)15/h1-6,10-14,16-19H,7H2/t10?,11-,12?,13?,14-/m1/s1. The number of hydrogen-bond donors (Lipinski definition) is 4. The average molecular weight is 279 g/mol. The van der Waals surface area contributed by atoms with E-state index < -0.39 is 37.3 Å². The first-order chi connectivity index (χ1) is 9.63. The zero-order valence-corrected chi connectivity index (χ0v) is 10.7. The van der Waals surface area contributed by atoms with Crippen molar-refractivity contribution in [3.8, 4) is 0 Å². The lowest BCUT2D eigenvalue weighted by Crippen LogP contribution is -2.56. The summed E-state index contributed by atoms with van der Waals surface area (Å²) in [5.41, 5.74) is 0.844. The molecule has 1 saturated heterocycles. The minimum Gasteiger partial charge on any atom is -0.394 e. The maximum atomic E-state index is 10.1. The lowest BCUT2D eigenvalue weighted by Gasteiger charge is -2.40. The number of aliphatic hydroxyl groups is 4. The van der Waals surface area contributed by atoms with E-state index in [1.54, 1.807) is 10.8 Å². The molecule has 0 bridgehead atoms. The highest BCUT2D eigenvalue weighted by Gasteiger charge is 2.44. The van der Waals surface area contributed by atoms with E-state index >= 15 is 0 Å². The highest BCUT2D eigenvalue weighted by Crippen LogP contribution is 2.31. The molecule has 1 aliphatic rings. The summed E-state index contributed by atoms with van der Waals surface area (Å²) in [5, 5.41) is 39.9. The first kappa shape index (κ1) is 13.5. The quantitative estimate of drug-likeness (QED) is 0.601. The van der Waals surface area contributed by atoms with E-state index in [0.717, 1.165) is 10.9 Å². The molecule has 4 N–H and O–H groups in total. The monoisotopic (exact) mass is 279 g/mol. The summed E-state index contributed by atoms with van der Waals surface area (Å²) in [6, 6.07) is 9.44. The molecule has 1 aromatic carbocycles. The van der Waals surface area contributed by atoms with Crippen LogP contribution in [-0.4, -0.2) is 56.0 Å². The van der Waals surface area contributed by atoms with Gasteiger partial charge in [-0.1, -0.05) is 18.2 Å². The van der Waals surface area contributed by atoms with Gasteiger partial charge in [0.2, 0.25) is 0 Å². The van der Waals surface area contributed by atoms with Crippen molar-refractivity contribution in [1.82, 2.24) is 4.57 Å². The molecule has 0 radical (unpaired) electrons. The van der Waals surface area contributed by atoms with Crippen molar-refractivity contribution in [3.05, 3.63) is 36.5 Å². The van der Waals surface area contributed by atoms with E-state index in [1.165, 1.54) is 0 Å². The Morgan fingerprint density at radius 2 is 1.75 bits per heavy atom. The van der Waals surface area contributed by atoms with Gasteiger partial charge in [0.15, 0.2) is 6.23 Å². The number of para-hydroxylation sites is 1. The van der Waals surface area contributed by atoms with Crippen molar-refractivity contribution >= 4 is 10.9 Å². The van der Waals surface area contributed by atoms with E-state index in [1.807, 2.05) is 30.3 Å². The number of benzene rings is 1. The molecule has 2 aromatic rings. The molecule has 0 spiro atoms. The van der Waals surface area contributed by atoms with Gasteiger partial charge in [-0.25, -0.2) is 0 Å². The van der Waals surface area contributed by atoms with Crippen LogP contribution in [-0.2, 0) is 4.74 Å². The fraction of sp³-hybridized carbons (Fsp3) is 0.429. The van der Waals surface area contributed by atoms with Crippen LogP contribution in [0.2, 0.25) is 0 Å². The molecule has 2 heterocycles. The van der Waals surface area contributed by atoms with Crippen molar-refractivity contribution in [1.29, 1.82) is 0 Å². The van der Waals surface area contributed by atoms with Gasteiger partial charge in [-0.15, -0.1) is 0 Å². The van der Waals surface area contributed by atoms with Crippen LogP contribution in [0.5, 0.6) is 0 Å². The molecule has 6 nitrogen and oxygen atoms in total. The normalized spacial score (nSPS) is 34.5. The van der Waals surface area contributed by atoms with Gasteiger partial charge in [-0.2, -0.15) is 0 Å². The van der Waals surface area contributed by atoms with Crippen LogP contribution in [0.15, 0.2) is 36.5 Å². The molecule has 6 heteroatoms.